The van der Waals surface area contributed by atoms with Gasteiger partial charge in [0.2, 0.25) is 0 Å². The second-order valence-corrected chi connectivity index (χ2v) is 4.36. The van der Waals surface area contributed by atoms with Crippen molar-refractivity contribution in [3.05, 3.63) is 52.5 Å². The monoisotopic (exact) mass is 241 g/mol. The second kappa shape index (κ2) is 4.56. The molecule has 92 valence electrons. The van der Waals surface area contributed by atoms with Crippen molar-refractivity contribution in [2.75, 3.05) is 5.73 Å². The average molecular weight is 241 g/mol. The molecular weight excluding hydrogens is 226 g/mol. The lowest BCUT2D eigenvalue weighted by Crippen LogP contribution is -2.10. The first-order valence-corrected chi connectivity index (χ1v) is 5.70. The van der Waals surface area contributed by atoms with Gasteiger partial charge in [0.1, 0.15) is 5.82 Å². The van der Waals surface area contributed by atoms with Crippen molar-refractivity contribution in [2.45, 2.75) is 20.8 Å². The Balaban J connectivity index is 2.55. The normalized spacial score (nSPS) is 10.4. The van der Waals surface area contributed by atoms with Crippen molar-refractivity contribution in [1.29, 1.82) is 0 Å². The van der Waals surface area contributed by atoms with E-state index >= 15 is 0 Å². The van der Waals surface area contributed by atoms with Gasteiger partial charge in [-0.05, 0) is 44.5 Å². The Morgan fingerprint density at radius 2 is 1.78 bits per heavy atom. The molecule has 4 heteroatoms. The molecule has 2 aromatic rings. The fourth-order valence-corrected chi connectivity index (χ4v) is 1.98. The van der Waals surface area contributed by atoms with Crippen LogP contribution in [0.4, 0.5) is 5.82 Å². The molecule has 18 heavy (non-hydrogen) atoms. The molecule has 0 spiro atoms. The Kier molecular flexibility index (Phi) is 3.10. The molecule has 2 aromatic heterocycles. The first-order chi connectivity index (χ1) is 8.49. The smallest absolute Gasteiger partial charge is 0.197 e. The maximum Gasteiger partial charge on any atom is 0.197 e. The molecule has 0 amide bonds. The number of nitrogen functional groups attached to an aromatic ring is 1. The quantitative estimate of drug-likeness (QED) is 0.818. The van der Waals surface area contributed by atoms with Crippen molar-refractivity contribution in [2.24, 2.45) is 0 Å². The summed E-state index contributed by atoms with van der Waals surface area (Å²) in [5, 5.41) is 0. The number of carbonyl (C=O) groups excluding carboxylic acids is 1. The van der Waals surface area contributed by atoms with Crippen LogP contribution in [0, 0.1) is 20.8 Å². The summed E-state index contributed by atoms with van der Waals surface area (Å²) in [5.41, 5.74) is 9.33. The van der Waals surface area contributed by atoms with Crippen molar-refractivity contribution in [3.63, 3.8) is 0 Å². The van der Waals surface area contributed by atoms with E-state index in [2.05, 4.69) is 9.97 Å². The minimum Gasteiger partial charge on any atom is -0.383 e. The number of anilines is 1. The van der Waals surface area contributed by atoms with Gasteiger partial charge < -0.3 is 5.73 Å². The zero-order valence-corrected chi connectivity index (χ0v) is 10.7. The average Bonchev–Trinajstić information content (AvgIpc) is 2.27. The highest BCUT2D eigenvalue weighted by Crippen LogP contribution is 2.19. The molecule has 0 radical (unpaired) electrons. The van der Waals surface area contributed by atoms with Crippen LogP contribution in [0.5, 0.6) is 0 Å². The highest BCUT2D eigenvalue weighted by atomic mass is 16.1. The van der Waals surface area contributed by atoms with Gasteiger partial charge in [-0.15, -0.1) is 0 Å². The van der Waals surface area contributed by atoms with Crippen LogP contribution >= 0.6 is 0 Å². The molecule has 2 rings (SSSR count). The molecule has 0 atom stereocenters. The fraction of sp³-hybridized carbons (Fsp3) is 0.214. The number of hydrogen-bond acceptors (Lipinski definition) is 4. The van der Waals surface area contributed by atoms with Crippen LogP contribution in [-0.2, 0) is 0 Å². The summed E-state index contributed by atoms with van der Waals surface area (Å²) in [6.45, 7) is 5.58. The Morgan fingerprint density at radius 3 is 2.33 bits per heavy atom. The van der Waals surface area contributed by atoms with E-state index in [1.165, 1.54) is 0 Å². The number of aromatic nitrogens is 2. The maximum atomic E-state index is 12.4. The number of nitrogens with zero attached hydrogens (tertiary/aromatic N) is 2. The number of rotatable bonds is 2. The molecule has 0 saturated heterocycles. The summed E-state index contributed by atoms with van der Waals surface area (Å²) in [7, 11) is 0. The largest absolute Gasteiger partial charge is 0.383 e. The van der Waals surface area contributed by atoms with Gasteiger partial charge in [-0.25, -0.2) is 4.98 Å². The van der Waals surface area contributed by atoms with E-state index in [1.807, 2.05) is 20.8 Å². The summed E-state index contributed by atoms with van der Waals surface area (Å²) in [6.07, 6.45) is 1.60. The topological polar surface area (TPSA) is 68.9 Å². The number of aryl methyl sites for hydroxylation is 3. The lowest BCUT2D eigenvalue weighted by atomic mass is 9.99. The van der Waals surface area contributed by atoms with E-state index in [9.17, 15) is 4.79 Å². The van der Waals surface area contributed by atoms with Crippen LogP contribution < -0.4 is 5.73 Å². The Labute approximate surface area is 106 Å². The number of pyridine rings is 2. The highest BCUT2D eigenvalue weighted by Gasteiger charge is 2.16. The molecule has 0 aliphatic heterocycles. The van der Waals surface area contributed by atoms with Crippen LogP contribution in [0.1, 0.15) is 32.9 Å². The Morgan fingerprint density at radius 1 is 1.17 bits per heavy atom. The number of nitrogens with two attached hydrogens (primary N) is 1. The Hall–Kier alpha value is -2.23. The van der Waals surface area contributed by atoms with Gasteiger partial charge in [0.05, 0.1) is 5.56 Å². The summed E-state index contributed by atoms with van der Waals surface area (Å²) in [6, 6.07) is 5.31. The van der Waals surface area contributed by atoms with Crippen LogP contribution in [0.15, 0.2) is 24.4 Å². The van der Waals surface area contributed by atoms with E-state index in [-0.39, 0.29) is 11.6 Å². The molecule has 0 aliphatic carbocycles. The van der Waals surface area contributed by atoms with Gasteiger partial charge in [0.25, 0.3) is 0 Å². The van der Waals surface area contributed by atoms with Gasteiger partial charge in [-0.3, -0.25) is 9.78 Å². The van der Waals surface area contributed by atoms with Crippen molar-refractivity contribution in [1.82, 2.24) is 9.97 Å². The molecule has 0 aliphatic rings. The first kappa shape index (κ1) is 12.2. The maximum absolute atomic E-state index is 12.4. The molecule has 4 nitrogen and oxygen atoms in total. The minimum absolute atomic E-state index is 0.105. The predicted molar refractivity (Wildman–Crippen MR) is 70.5 cm³/mol. The van der Waals surface area contributed by atoms with Crippen LogP contribution in [0.25, 0.3) is 0 Å². The van der Waals surface area contributed by atoms with E-state index in [4.69, 9.17) is 5.73 Å². The van der Waals surface area contributed by atoms with Crippen molar-refractivity contribution >= 4 is 11.6 Å². The first-order valence-electron chi connectivity index (χ1n) is 5.70. The number of hydrogen-bond donors (Lipinski definition) is 1. The van der Waals surface area contributed by atoms with E-state index in [0.717, 1.165) is 17.0 Å². The summed E-state index contributed by atoms with van der Waals surface area (Å²) >= 11 is 0. The zero-order chi connectivity index (χ0) is 13.3. The van der Waals surface area contributed by atoms with Gasteiger partial charge in [-0.2, -0.15) is 0 Å². The molecule has 0 bridgehead atoms. The lowest BCUT2D eigenvalue weighted by molar-refractivity contribution is 0.103. The SMILES string of the molecule is Cc1cc(C(=O)c2c(C)ccnc2N)cc(C)n1. The second-order valence-electron chi connectivity index (χ2n) is 4.36. The number of ketones is 1. The third-order valence-electron chi connectivity index (χ3n) is 2.76. The summed E-state index contributed by atoms with van der Waals surface area (Å²) in [5.74, 6) is 0.166. The minimum atomic E-state index is -0.105. The highest BCUT2D eigenvalue weighted by molar-refractivity contribution is 6.12. The lowest BCUT2D eigenvalue weighted by Gasteiger charge is -2.08. The number of carbonyl (C=O) groups is 1. The fourth-order valence-electron chi connectivity index (χ4n) is 1.98. The molecule has 0 aromatic carbocycles. The van der Waals surface area contributed by atoms with E-state index in [1.54, 1.807) is 24.4 Å². The van der Waals surface area contributed by atoms with Crippen LogP contribution in [-0.4, -0.2) is 15.8 Å². The molecule has 0 fully saturated rings. The van der Waals surface area contributed by atoms with E-state index in [0.29, 0.717) is 11.1 Å². The molecular formula is C14H15N3O. The molecule has 0 unspecified atom stereocenters. The zero-order valence-electron chi connectivity index (χ0n) is 10.7. The standard InChI is InChI=1S/C14H15N3O/c1-8-4-5-16-14(15)12(8)13(18)11-6-9(2)17-10(3)7-11/h4-7H,1-3H3,(H2,15,16). The molecule has 2 N–H and O–H groups in total. The predicted octanol–water partition coefficient (Wildman–Crippen LogP) is 2.22. The van der Waals surface area contributed by atoms with Gasteiger partial charge >= 0.3 is 0 Å². The summed E-state index contributed by atoms with van der Waals surface area (Å²) in [4.78, 5) is 20.7. The van der Waals surface area contributed by atoms with Gasteiger partial charge in [-0.1, -0.05) is 0 Å². The summed E-state index contributed by atoms with van der Waals surface area (Å²) < 4.78 is 0. The third-order valence-corrected chi connectivity index (χ3v) is 2.76. The van der Waals surface area contributed by atoms with E-state index < -0.39 is 0 Å². The third kappa shape index (κ3) is 2.22. The molecule has 0 saturated carbocycles. The van der Waals surface area contributed by atoms with Crippen molar-refractivity contribution in [3.8, 4) is 0 Å². The van der Waals surface area contributed by atoms with Crippen molar-refractivity contribution < 1.29 is 4.79 Å². The van der Waals surface area contributed by atoms with Crippen LogP contribution in [0.3, 0.4) is 0 Å². The van der Waals surface area contributed by atoms with Gasteiger partial charge in [0, 0.05) is 23.1 Å². The van der Waals surface area contributed by atoms with Crippen LogP contribution in [0.2, 0.25) is 0 Å². The van der Waals surface area contributed by atoms with Gasteiger partial charge in [0.15, 0.2) is 5.78 Å². The Bertz CT molecular complexity index is 580. The molecule has 2 heterocycles.